The molecule has 15 heavy (non-hydrogen) atoms. The van der Waals surface area contributed by atoms with Gasteiger partial charge in [0.25, 0.3) is 0 Å². The van der Waals surface area contributed by atoms with Crippen LogP contribution < -0.4 is 5.32 Å². The fourth-order valence-electron chi connectivity index (χ4n) is 1.54. The maximum absolute atomic E-state index is 4.39. The third-order valence-electron chi connectivity index (χ3n) is 2.50. The van der Waals surface area contributed by atoms with Crippen LogP contribution in [0.25, 0.3) is 0 Å². The Morgan fingerprint density at radius 1 is 1.47 bits per heavy atom. The van der Waals surface area contributed by atoms with E-state index in [1.54, 1.807) is 0 Å². The van der Waals surface area contributed by atoms with Crippen LogP contribution in [-0.2, 0) is 6.54 Å². The molecule has 0 saturated heterocycles. The molecule has 1 aromatic rings. The zero-order valence-corrected chi connectivity index (χ0v) is 9.95. The molecule has 0 aliphatic heterocycles. The molecule has 0 aliphatic rings. The number of nitrogens with one attached hydrogen (secondary N) is 1. The maximum atomic E-state index is 4.39. The summed E-state index contributed by atoms with van der Waals surface area (Å²) < 4.78 is 0. The molecule has 3 nitrogen and oxygen atoms in total. The molecule has 0 bridgehead atoms. The van der Waals surface area contributed by atoms with Gasteiger partial charge in [-0.25, -0.2) is 0 Å². The summed E-state index contributed by atoms with van der Waals surface area (Å²) in [7, 11) is 4.13. The molecule has 84 valence electrons. The predicted molar refractivity (Wildman–Crippen MR) is 63.9 cm³/mol. The van der Waals surface area contributed by atoms with Crippen LogP contribution in [0, 0.1) is 6.92 Å². The molecule has 0 aromatic carbocycles. The van der Waals surface area contributed by atoms with Gasteiger partial charge in [-0.15, -0.1) is 0 Å². The Kier molecular flexibility index (Phi) is 5.29. The monoisotopic (exact) mass is 207 g/mol. The van der Waals surface area contributed by atoms with Crippen LogP contribution in [-0.4, -0.2) is 37.1 Å². The van der Waals surface area contributed by atoms with Crippen molar-refractivity contribution in [2.75, 3.05) is 27.2 Å². The molecule has 0 radical (unpaired) electrons. The van der Waals surface area contributed by atoms with Gasteiger partial charge in [0, 0.05) is 12.7 Å². The van der Waals surface area contributed by atoms with Gasteiger partial charge in [0.15, 0.2) is 0 Å². The van der Waals surface area contributed by atoms with Gasteiger partial charge in [-0.1, -0.05) is 6.07 Å². The van der Waals surface area contributed by atoms with Gasteiger partial charge < -0.3 is 10.2 Å². The van der Waals surface area contributed by atoms with E-state index in [0.717, 1.165) is 19.6 Å². The summed E-state index contributed by atoms with van der Waals surface area (Å²) in [6.45, 7) is 5.24. The molecule has 1 N–H and O–H groups in total. The van der Waals surface area contributed by atoms with Crippen molar-refractivity contribution in [3.8, 4) is 0 Å². The first kappa shape index (κ1) is 12.1. The van der Waals surface area contributed by atoms with Crippen LogP contribution in [0.4, 0.5) is 0 Å². The van der Waals surface area contributed by atoms with Crippen molar-refractivity contribution in [3.63, 3.8) is 0 Å². The Balaban J connectivity index is 2.37. The number of pyridine rings is 1. The fourth-order valence-corrected chi connectivity index (χ4v) is 1.54. The molecule has 3 heteroatoms. The van der Waals surface area contributed by atoms with Gasteiger partial charge in [-0.05, 0) is 52.2 Å². The minimum absolute atomic E-state index is 0.941. The highest BCUT2D eigenvalue weighted by Crippen LogP contribution is 2.05. The van der Waals surface area contributed by atoms with Gasteiger partial charge in [0.1, 0.15) is 0 Å². The molecule has 0 amide bonds. The zero-order chi connectivity index (χ0) is 11.1. The average molecular weight is 207 g/mol. The Morgan fingerprint density at radius 2 is 2.27 bits per heavy atom. The lowest BCUT2D eigenvalue weighted by Gasteiger charge is -2.16. The van der Waals surface area contributed by atoms with E-state index < -0.39 is 0 Å². The molecule has 0 fully saturated rings. The predicted octanol–water partition coefficient (Wildman–Crippen LogP) is 1.43. The summed E-state index contributed by atoms with van der Waals surface area (Å²) in [5, 5.41) is 3.16. The summed E-state index contributed by atoms with van der Waals surface area (Å²) in [6, 6.07) is 4.10. The van der Waals surface area contributed by atoms with Crippen molar-refractivity contribution < 1.29 is 0 Å². The van der Waals surface area contributed by atoms with Gasteiger partial charge >= 0.3 is 0 Å². The van der Waals surface area contributed by atoms with Crippen LogP contribution in [0.3, 0.4) is 0 Å². The highest BCUT2D eigenvalue weighted by atomic mass is 15.1. The Morgan fingerprint density at radius 3 is 2.93 bits per heavy atom. The Labute approximate surface area is 92.5 Å². The van der Waals surface area contributed by atoms with E-state index in [2.05, 4.69) is 35.2 Å². The SMILES string of the molecule is CNCCCN(C)Cc1ncccc1C. The van der Waals surface area contributed by atoms with Crippen LogP contribution >= 0.6 is 0 Å². The van der Waals surface area contributed by atoms with Crippen molar-refractivity contribution in [2.45, 2.75) is 19.9 Å². The molecule has 0 spiro atoms. The fraction of sp³-hybridized carbons (Fsp3) is 0.583. The third-order valence-corrected chi connectivity index (χ3v) is 2.50. The lowest BCUT2D eigenvalue weighted by atomic mass is 10.2. The van der Waals surface area contributed by atoms with E-state index in [-0.39, 0.29) is 0 Å². The lowest BCUT2D eigenvalue weighted by Crippen LogP contribution is -2.23. The second-order valence-electron chi connectivity index (χ2n) is 3.96. The molecule has 1 aromatic heterocycles. The number of aryl methyl sites for hydroxylation is 1. The summed E-state index contributed by atoms with van der Waals surface area (Å²) >= 11 is 0. The van der Waals surface area contributed by atoms with E-state index in [1.165, 1.54) is 17.7 Å². The van der Waals surface area contributed by atoms with Gasteiger partial charge in [-0.2, -0.15) is 0 Å². The van der Waals surface area contributed by atoms with Crippen molar-refractivity contribution in [1.29, 1.82) is 0 Å². The Hall–Kier alpha value is -0.930. The first-order valence-corrected chi connectivity index (χ1v) is 5.47. The number of nitrogens with zero attached hydrogens (tertiary/aromatic N) is 2. The van der Waals surface area contributed by atoms with Crippen LogP contribution in [0.2, 0.25) is 0 Å². The normalized spacial score (nSPS) is 10.9. The van der Waals surface area contributed by atoms with E-state index in [1.807, 2.05) is 19.3 Å². The quantitative estimate of drug-likeness (QED) is 0.715. The minimum atomic E-state index is 0.941. The number of hydrogen-bond acceptors (Lipinski definition) is 3. The molecular formula is C12H21N3. The lowest BCUT2D eigenvalue weighted by molar-refractivity contribution is 0.316. The molecular weight excluding hydrogens is 186 g/mol. The van der Waals surface area contributed by atoms with Crippen molar-refractivity contribution in [2.24, 2.45) is 0 Å². The smallest absolute Gasteiger partial charge is 0.0572 e. The van der Waals surface area contributed by atoms with Crippen LogP contribution in [0.5, 0.6) is 0 Å². The first-order chi connectivity index (χ1) is 7.24. The van der Waals surface area contributed by atoms with Crippen molar-refractivity contribution in [3.05, 3.63) is 29.6 Å². The van der Waals surface area contributed by atoms with Crippen molar-refractivity contribution >= 4 is 0 Å². The molecule has 0 saturated carbocycles. The number of hydrogen-bond donors (Lipinski definition) is 1. The second kappa shape index (κ2) is 6.53. The van der Waals surface area contributed by atoms with Crippen LogP contribution in [0.15, 0.2) is 18.3 Å². The molecule has 0 atom stereocenters. The molecule has 1 heterocycles. The molecule has 1 rings (SSSR count). The highest BCUT2D eigenvalue weighted by Gasteiger charge is 2.03. The van der Waals surface area contributed by atoms with Crippen molar-refractivity contribution in [1.82, 2.24) is 15.2 Å². The van der Waals surface area contributed by atoms with Gasteiger partial charge in [0.2, 0.25) is 0 Å². The summed E-state index contributed by atoms with van der Waals surface area (Å²) in [4.78, 5) is 6.70. The second-order valence-corrected chi connectivity index (χ2v) is 3.96. The summed E-state index contributed by atoms with van der Waals surface area (Å²) in [5.41, 5.74) is 2.46. The summed E-state index contributed by atoms with van der Waals surface area (Å²) in [5.74, 6) is 0. The minimum Gasteiger partial charge on any atom is -0.320 e. The van der Waals surface area contributed by atoms with E-state index in [9.17, 15) is 0 Å². The highest BCUT2D eigenvalue weighted by molar-refractivity contribution is 5.17. The molecule has 0 aliphatic carbocycles. The van der Waals surface area contributed by atoms with E-state index >= 15 is 0 Å². The van der Waals surface area contributed by atoms with Gasteiger partial charge in [0.05, 0.1) is 5.69 Å². The topological polar surface area (TPSA) is 28.2 Å². The van der Waals surface area contributed by atoms with E-state index in [4.69, 9.17) is 0 Å². The van der Waals surface area contributed by atoms with Gasteiger partial charge in [-0.3, -0.25) is 4.98 Å². The number of rotatable bonds is 6. The average Bonchev–Trinajstić information content (AvgIpc) is 2.22. The number of aromatic nitrogens is 1. The summed E-state index contributed by atoms with van der Waals surface area (Å²) in [6.07, 6.45) is 3.04. The maximum Gasteiger partial charge on any atom is 0.0572 e. The first-order valence-electron chi connectivity index (χ1n) is 5.47. The van der Waals surface area contributed by atoms with Crippen LogP contribution in [0.1, 0.15) is 17.7 Å². The molecule has 0 unspecified atom stereocenters. The standard InChI is InChI=1S/C12H21N3/c1-11-6-4-8-14-12(11)10-15(3)9-5-7-13-2/h4,6,8,13H,5,7,9-10H2,1-3H3. The van der Waals surface area contributed by atoms with E-state index in [0.29, 0.717) is 0 Å². The third kappa shape index (κ3) is 4.40. The largest absolute Gasteiger partial charge is 0.320 e. The Bertz CT molecular complexity index is 286. The zero-order valence-electron chi connectivity index (χ0n) is 9.95.